The highest BCUT2D eigenvalue weighted by Crippen LogP contribution is 2.25. The van der Waals surface area contributed by atoms with Crippen LogP contribution in [0.5, 0.6) is 0 Å². The van der Waals surface area contributed by atoms with Crippen molar-refractivity contribution in [1.29, 1.82) is 0 Å². The van der Waals surface area contributed by atoms with E-state index in [1.807, 2.05) is 37.3 Å². The third-order valence-electron chi connectivity index (χ3n) is 4.29. The Morgan fingerprint density at radius 2 is 2.12 bits per heavy atom. The molecular weight excluding hydrogens is 318 g/mol. The molecule has 0 spiro atoms. The van der Waals surface area contributed by atoms with Gasteiger partial charge in [-0.1, -0.05) is 18.2 Å². The molecular formula is C19H21N3O3. The zero-order valence-corrected chi connectivity index (χ0v) is 14.4. The standard InChI is InChI=1S/C19H21N3O3/c1-13-5-6-15(16-4-3-7-20-11-16)10-17(13)21-19(24)18-12-22(14(2)23)8-9-25-18/h3-7,10-11,18H,8-9,12H2,1-2H3,(H,21,24). The Morgan fingerprint density at radius 3 is 2.84 bits per heavy atom. The van der Waals surface area contributed by atoms with Crippen LogP contribution in [0.3, 0.4) is 0 Å². The van der Waals surface area contributed by atoms with E-state index in [0.29, 0.717) is 13.2 Å². The molecule has 1 unspecified atom stereocenters. The van der Waals surface area contributed by atoms with E-state index in [2.05, 4.69) is 10.3 Å². The Kier molecular flexibility index (Phi) is 5.09. The molecule has 1 aliphatic rings. The number of rotatable bonds is 3. The summed E-state index contributed by atoms with van der Waals surface area (Å²) in [5, 5.41) is 2.93. The molecule has 1 aromatic carbocycles. The molecule has 130 valence electrons. The second kappa shape index (κ2) is 7.44. The smallest absolute Gasteiger partial charge is 0.255 e. The van der Waals surface area contributed by atoms with Crippen LogP contribution in [0, 0.1) is 6.92 Å². The molecule has 1 N–H and O–H groups in total. The van der Waals surface area contributed by atoms with Crippen molar-refractivity contribution in [3.63, 3.8) is 0 Å². The molecule has 2 amide bonds. The lowest BCUT2D eigenvalue weighted by Crippen LogP contribution is -2.49. The molecule has 1 aromatic heterocycles. The van der Waals surface area contributed by atoms with Crippen molar-refractivity contribution in [3.8, 4) is 11.1 Å². The van der Waals surface area contributed by atoms with E-state index in [1.165, 1.54) is 6.92 Å². The van der Waals surface area contributed by atoms with Gasteiger partial charge in [-0.25, -0.2) is 0 Å². The minimum Gasteiger partial charge on any atom is -0.365 e. The van der Waals surface area contributed by atoms with Gasteiger partial charge in [-0.05, 0) is 30.2 Å². The molecule has 0 bridgehead atoms. The maximum absolute atomic E-state index is 12.5. The lowest BCUT2D eigenvalue weighted by atomic mass is 10.0. The van der Waals surface area contributed by atoms with Crippen LogP contribution in [0.1, 0.15) is 12.5 Å². The minimum absolute atomic E-state index is 0.0455. The predicted molar refractivity (Wildman–Crippen MR) is 95.0 cm³/mol. The molecule has 0 saturated carbocycles. The summed E-state index contributed by atoms with van der Waals surface area (Å²) in [6, 6.07) is 9.73. The van der Waals surface area contributed by atoms with Gasteiger partial charge in [0.05, 0.1) is 13.2 Å². The molecule has 25 heavy (non-hydrogen) atoms. The van der Waals surface area contributed by atoms with Crippen molar-refractivity contribution >= 4 is 17.5 Å². The fourth-order valence-corrected chi connectivity index (χ4v) is 2.78. The minimum atomic E-state index is -0.654. The lowest BCUT2D eigenvalue weighted by Gasteiger charge is -2.31. The molecule has 3 rings (SSSR count). The number of carbonyl (C=O) groups excluding carboxylic acids is 2. The van der Waals surface area contributed by atoms with E-state index < -0.39 is 6.10 Å². The SMILES string of the molecule is CC(=O)N1CCOC(C(=O)Nc2cc(-c3cccnc3)ccc2C)C1. The van der Waals surface area contributed by atoms with Gasteiger partial charge in [0.1, 0.15) is 0 Å². The maximum Gasteiger partial charge on any atom is 0.255 e. The van der Waals surface area contributed by atoms with Crippen molar-refractivity contribution in [1.82, 2.24) is 9.88 Å². The average molecular weight is 339 g/mol. The van der Waals surface area contributed by atoms with Gasteiger partial charge in [0.25, 0.3) is 5.91 Å². The first kappa shape index (κ1) is 17.1. The Labute approximate surface area is 146 Å². The van der Waals surface area contributed by atoms with E-state index in [9.17, 15) is 9.59 Å². The van der Waals surface area contributed by atoms with Crippen LogP contribution in [0.4, 0.5) is 5.69 Å². The molecule has 0 radical (unpaired) electrons. The van der Waals surface area contributed by atoms with E-state index in [-0.39, 0.29) is 18.4 Å². The summed E-state index contributed by atoms with van der Waals surface area (Å²) in [6.45, 7) is 4.61. The molecule has 0 aliphatic carbocycles. The molecule has 1 atom stereocenters. The zero-order valence-electron chi connectivity index (χ0n) is 14.4. The number of aromatic nitrogens is 1. The van der Waals surface area contributed by atoms with Crippen molar-refractivity contribution in [2.75, 3.05) is 25.0 Å². The number of hydrogen-bond donors (Lipinski definition) is 1. The highest BCUT2D eigenvalue weighted by molar-refractivity contribution is 5.96. The van der Waals surface area contributed by atoms with Crippen LogP contribution >= 0.6 is 0 Å². The van der Waals surface area contributed by atoms with Gasteiger partial charge in [-0.2, -0.15) is 0 Å². The predicted octanol–water partition coefficient (Wildman–Crippen LogP) is 2.24. The van der Waals surface area contributed by atoms with Crippen molar-refractivity contribution in [3.05, 3.63) is 48.3 Å². The van der Waals surface area contributed by atoms with Gasteiger partial charge in [0.15, 0.2) is 6.10 Å². The number of morpholine rings is 1. The third kappa shape index (κ3) is 4.03. The normalized spacial score (nSPS) is 17.2. The second-order valence-corrected chi connectivity index (χ2v) is 6.09. The number of ether oxygens (including phenoxy) is 1. The van der Waals surface area contributed by atoms with Crippen LogP contribution in [-0.2, 0) is 14.3 Å². The van der Waals surface area contributed by atoms with Gasteiger partial charge in [-0.15, -0.1) is 0 Å². The van der Waals surface area contributed by atoms with Gasteiger partial charge < -0.3 is 15.0 Å². The summed E-state index contributed by atoms with van der Waals surface area (Å²) in [5.74, 6) is -0.284. The Morgan fingerprint density at radius 1 is 1.28 bits per heavy atom. The Bertz CT molecular complexity index is 777. The van der Waals surface area contributed by atoms with E-state index >= 15 is 0 Å². The molecule has 1 saturated heterocycles. The molecule has 1 fully saturated rings. The number of amides is 2. The van der Waals surface area contributed by atoms with Crippen molar-refractivity contribution in [2.24, 2.45) is 0 Å². The number of benzene rings is 1. The van der Waals surface area contributed by atoms with Crippen LogP contribution in [0.25, 0.3) is 11.1 Å². The topological polar surface area (TPSA) is 71.5 Å². The number of aryl methyl sites for hydroxylation is 1. The number of nitrogens with zero attached hydrogens (tertiary/aromatic N) is 2. The fourth-order valence-electron chi connectivity index (χ4n) is 2.78. The Hall–Kier alpha value is -2.73. The highest BCUT2D eigenvalue weighted by atomic mass is 16.5. The van der Waals surface area contributed by atoms with Gasteiger partial charge in [0.2, 0.25) is 5.91 Å². The van der Waals surface area contributed by atoms with Crippen LogP contribution < -0.4 is 5.32 Å². The average Bonchev–Trinajstić information content (AvgIpc) is 2.64. The first-order valence-electron chi connectivity index (χ1n) is 8.23. The van der Waals surface area contributed by atoms with Crippen molar-refractivity contribution in [2.45, 2.75) is 20.0 Å². The van der Waals surface area contributed by atoms with E-state index in [0.717, 1.165) is 22.4 Å². The van der Waals surface area contributed by atoms with Crippen LogP contribution in [0.2, 0.25) is 0 Å². The maximum atomic E-state index is 12.5. The highest BCUT2D eigenvalue weighted by Gasteiger charge is 2.28. The summed E-state index contributed by atoms with van der Waals surface area (Å²) in [6.07, 6.45) is 2.85. The monoisotopic (exact) mass is 339 g/mol. The molecule has 2 aromatic rings. The Balaban J connectivity index is 1.76. The zero-order chi connectivity index (χ0) is 17.8. The molecule has 1 aliphatic heterocycles. The van der Waals surface area contributed by atoms with Crippen LogP contribution in [-0.4, -0.2) is 47.5 Å². The molecule has 2 heterocycles. The van der Waals surface area contributed by atoms with Gasteiger partial charge in [-0.3, -0.25) is 14.6 Å². The first-order valence-corrected chi connectivity index (χ1v) is 8.23. The largest absolute Gasteiger partial charge is 0.365 e. The second-order valence-electron chi connectivity index (χ2n) is 6.09. The van der Waals surface area contributed by atoms with E-state index in [4.69, 9.17) is 4.74 Å². The number of pyridine rings is 1. The summed E-state index contributed by atoms with van der Waals surface area (Å²) in [4.78, 5) is 29.8. The van der Waals surface area contributed by atoms with Gasteiger partial charge >= 0.3 is 0 Å². The van der Waals surface area contributed by atoms with E-state index in [1.54, 1.807) is 17.3 Å². The van der Waals surface area contributed by atoms with Gasteiger partial charge in [0, 0.05) is 37.1 Å². The fraction of sp³-hybridized carbons (Fsp3) is 0.316. The number of nitrogens with one attached hydrogen (secondary N) is 1. The summed E-state index contributed by atoms with van der Waals surface area (Å²) in [5.41, 5.74) is 3.65. The van der Waals surface area contributed by atoms with Crippen LogP contribution in [0.15, 0.2) is 42.7 Å². The third-order valence-corrected chi connectivity index (χ3v) is 4.29. The number of carbonyl (C=O) groups is 2. The first-order chi connectivity index (χ1) is 12.0. The summed E-state index contributed by atoms with van der Waals surface area (Å²) in [7, 11) is 0. The lowest BCUT2D eigenvalue weighted by molar-refractivity contribution is -0.143. The number of hydrogen-bond acceptors (Lipinski definition) is 4. The molecule has 6 heteroatoms. The molecule has 6 nitrogen and oxygen atoms in total. The summed E-state index contributed by atoms with van der Waals surface area (Å²) >= 11 is 0. The van der Waals surface area contributed by atoms with Crippen molar-refractivity contribution < 1.29 is 14.3 Å². The quantitative estimate of drug-likeness (QED) is 0.931. The summed E-state index contributed by atoms with van der Waals surface area (Å²) < 4.78 is 5.53. The number of anilines is 1.